The Balaban J connectivity index is 2.04. The van der Waals surface area contributed by atoms with Crippen molar-refractivity contribution in [3.05, 3.63) is 64.7 Å². The molecule has 3 nitrogen and oxygen atoms in total. The summed E-state index contributed by atoms with van der Waals surface area (Å²) in [7, 11) is 0. The van der Waals surface area contributed by atoms with E-state index >= 15 is 0 Å². The van der Waals surface area contributed by atoms with E-state index in [-0.39, 0.29) is 11.9 Å². The zero-order valence-corrected chi connectivity index (χ0v) is 15.2. The lowest BCUT2D eigenvalue weighted by Crippen LogP contribution is -2.38. The Morgan fingerprint density at radius 3 is 2.38 bits per heavy atom. The second kappa shape index (κ2) is 8.00. The van der Waals surface area contributed by atoms with Crippen LogP contribution in [0.5, 0.6) is 5.75 Å². The van der Waals surface area contributed by atoms with E-state index < -0.39 is 6.10 Å². The number of amides is 1. The van der Waals surface area contributed by atoms with Crippen LogP contribution in [0.4, 0.5) is 0 Å². The van der Waals surface area contributed by atoms with E-state index in [1.807, 2.05) is 32.0 Å². The van der Waals surface area contributed by atoms with Crippen LogP contribution in [0.15, 0.2) is 42.5 Å². The first kappa shape index (κ1) is 18.1. The second-order valence-electron chi connectivity index (χ2n) is 6.34. The fourth-order valence-electron chi connectivity index (χ4n) is 2.60. The third kappa shape index (κ3) is 4.38. The van der Waals surface area contributed by atoms with Gasteiger partial charge in [-0.15, -0.1) is 0 Å². The van der Waals surface area contributed by atoms with E-state index in [1.165, 1.54) is 5.56 Å². The van der Waals surface area contributed by atoms with Gasteiger partial charge in [0.25, 0.3) is 5.91 Å². The summed E-state index contributed by atoms with van der Waals surface area (Å²) in [6.45, 7) is 9.97. The molecular weight excluding hydrogens is 298 g/mol. The number of ether oxygens (including phenoxy) is 1. The van der Waals surface area contributed by atoms with Crippen LogP contribution in [-0.4, -0.2) is 12.0 Å². The van der Waals surface area contributed by atoms with Gasteiger partial charge in [0, 0.05) is 0 Å². The molecule has 0 aromatic heterocycles. The molecule has 0 heterocycles. The minimum atomic E-state index is -0.537. The number of hydrogen-bond donors (Lipinski definition) is 1. The zero-order valence-electron chi connectivity index (χ0n) is 15.2. The van der Waals surface area contributed by atoms with Crippen LogP contribution in [0.2, 0.25) is 0 Å². The van der Waals surface area contributed by atoms with Gasteiger partial charge in [0.1, 0.15) is 5.75 Å². The molecule has 0 unspecified atom stereocenters. The van der Waals surface area contributed by atoms with Crippen molar-refractivity contribution < 1.29 is 9.53 Å². The number of hydrogen-bond acceptors (Lipinski definition) is 2. The maximum Gasteiger partial charge on any atom is 0.261 e. The van der Waals surface area contributed by atoms with Crippen molar-refractivity contribution in [2.45, 2.75) is 53.2 Å². The first-order valence-corrected chi connectivity index (χ1v) is 8.52. The molecule has 0 saturated carbocycles. The van der Waals surface area contributed by atoms with Crippen molar-refractivity contribution in [1.82, 2.24) is 5.32 Å². The van der Waals surface area contributed by atoms with E-state index in [0.717, 1.165) is 28.9 Å². The Hall–Kier alpha value is -2.29. The molecule has 0 saturated heterocycles. The van der Waals surface area contributed by atoms with Gasteiger partial charge in [-0.05, 0) is 56.9 Å². The molecule has 0 radical (unpaired) electrons. The van der Waals surface area contributed by atoms with Crippen LogP contribution >= 0.6 is 0 Å². The lowest BCUT2D eigenvalue weighted by molar-refractivity contribution is -0.128. The average Bonchev–Trinajstić information content (AvgIpc) is 2.57. The Morgan fingerprint density at radius 2 is 1.75 bits per heavy atom. The van der Waals surface area contributed by atoms with Gasteiger partial charge in [-0.3, -0.25) is 4.79 Å². The van der Waals surface area contributed by atoms with Gasteiger partial charge in [-0.25, -0.2) is 0 Å². The van der Waals surface area contributed by atoms with Crippen molar-refractivity contribution in [2.24, 2.45) is 0 Å². The van der Waals surface area contributed by atoms with Crippen LogP contribution in [0.25, 0.3) is 0 Å². The summed E-state index contributed by atoms with van der Waals surface area (Å²) in [4.78, 5) is 12.5. The summed E-state index contributed by atoms with van der Waals surface area (Å²) in [6, 6.07) is 14.2. The summed E-state index contributed by atoms with van der Waals surface area (Å²) in [5.74, 6) is 0.671. The summed E-state index contributed by atoms with van der Waals surface area (Å²) in [6.07, 6.45) is 0.301. The molecular formula is C21H27NO2. The summed E-state index contributed by atoms with van der Waals surface area (Å²) in [5.41, 5.74) is 4.57. The van der Waals surface area contributed by atoms with Crippen LogP contribution < -0.4 is 10.1 Å². The van der Waals surface area contributed by atoms with Gasteiger partial charge in [0.2, 0.25) is 0 Å². The van der Waals surface area contributed by atoms with E-state index in [4.69, 9.17) is 4.74 Å². The van der Waals surface area contributed by atoms with Gasteiger partial charge in [-0.2, -0.15) is 0 Å². The predicted molar refractivity (Wildman–Crippen MR) is 98.4 cm³/mol. The number of nitrogens with one attached hydrogen (secondary N) is 1. The molecule has 0 aliphatic carbocycles. The molecule has 2 aromatic rings. The minimum absolute atomic E-state index is 0.00255. The Kier molecular flexibility index (Phi) is 6.02. The predicted octanol–water partition coefficient (Wildman–Crippen LogP) is 4.65. The van der Waals surface area contributed by atoms with Crippen molar-refractivity contribution >= 4 is 5.91 Å². The Morgan fingerprint density at radius 1 is 1.08 bits per heavy atom. The highest BCUT2D eigenvalue weighted by molar-refractivity contribution is 5.81. The molecule has 128 valence electrons. The van der Waals surface area contributed by atoms with Gasteiger partial charge in [0.15, 0.2) is 6.10 Å². The van der Waals surface area contributed by atoms with Gasteiger partial charge in [0.05, 0.1) is 6.04 Å². The van der Waals surface area contributed by atoms with Crippen LogP contribution in [0, 0.1) is 20.8 Å². The topological polar surface area (TPSA) is 38.3 Å². The summed E-state index contributed by atoms with van der Waals surface area (Å²) >= 11 is 0. The van der Waals surface area contributed by atoms with Crippen molar-refractivity contribution in [1.29, 1.82) is 0 Å². The average molecular weight is 325 g/mol. The smallest absolute Gasteiger partial charge is 0.261 e. The first-order chi connectivity index (χ1) is 11.4. The lowest BCUT2D eigenvalue weighted by atomic mass is 10.0. The third-order valence-electron chi connectivity index (χ3n) is 4.43. The number of rotatable bonds is 6. The first-order valence-electron chi connectivity index (χ1n) is 8.52. The lowest BCUT2D eigenvalue weighted by Gasteiger charge is -2.22. The molecule has 1 N–H and O–H groups in total. The summed E-state index contributed by atoms with van der Waals surface area (Å²) < 4.78 is 5.88. The summed E-state index contributed by atoms with van der Waals surface area (Å²) in [5, 5.41) is 3.09. The molecule has 0 fully saturated rings. The van der Waals surface area contributed by atoms with E-state index in [2.05, 4.69) is 43.4 Å². The molecule has 3 heteroatoms. The number of carbonyl (C=O) groups is 1. The van der Waals surface area contributed by atoms with Crippen LogP contribution in [0.1, 0.15) is 48.6 Å². The molecule has 2 rings (SSSR count). The highest BCUT2D eigenvalue weighted by Crippen LogP contribution is 2.22. The number of carbonyl (C=O) groups excluding carboxylic acids is 1. The number of aryl methyl sites for hydroxylation is 2. The largest absolute Gasteiger partial charge is 0.481 e. The molecule has 0 aliphatic heterocycles. The molecule has 0 aliphatic rings. The molecule has 1 amide bonds. The van der Waals surface area contributed by atoms with E-state index in [0.29, 0.717) is 0 Å². The molecule has 0 bridgehead atoms. The normalized spacial score (nSPS) is 13.2. The maximum atomic E-state index is 12.5. The van der Waals surface area contributed by atoms with Crippen molar-refractivity contribution in [2.75, 3.05) is 0 Å². The fourth-order valence-corrected chi connectivity index (χ4v) is 2.60. The fraction of sp³-hybridized carbons (Fsp3) is 0.381. The van der Waals surface area contributed by atoms with Crippen LogP contribution in [-0.2, 0) is 4.79 Å². The zero-order chi connectivity index (χ0) is 17.7. The highest BCUT2D eigenvalue weighted by Gasteiger charge is 2.20. The highest BCUT2D eigenvalue weighted by atomic mass is 16.5. The number of benzene rings is 2. The quantitative estimate of drug-likeness (QED) is 0.840. The molecule has 0 spiro atoms. The molecule has 24 heavy (non-hydrogen) atoms. The maximum absolute atomic E-state index is 12.5. The van der Waals surface area contributed by atoms with Crippen molar-refractivity contribution in [3.63, 3.8) is 0 Å². The Bertz CT molecular complexity index is 691. The van der Waals surface area contributed by atoms with E-state index in [1.54, 1.807) is 6.92 Å². The molecule has 2 aromatic carbocycles. The van der Waals surface area contributed by atoms with Gasteiger partial charge < -0.3 is 10.1 Å². The minimum Gasteiger partial charge on any atom is -0.481 e. The standard InChI is InChI=1S/C21H27NO2/c1-6-19(18-12-10-14(2)11-13-18)22-21(23)17(5)24-20-9-7-8-15(3)16(20)4/h7-13,17,19H,6H2,1-5H3,(H,22,23)/t17-,19-/m0/s1. The second-order valence-corrected chi connectivity index (χ2v) is 6.34. The van der Waals surface area contributed by atoms with Crippen molar-refractivity contribution in [3.8, 4) is 5.75 Å². The van der Waals surface area contributed by atoms with Crippen LogP contribution in [0.3, 0.4) is 0 Å². The monoisotopic (exact) mass is 325 g/mol. The van der Waals surface area contributed by atoms with E-state index in [9.17, 15) is 4.79 Å². The SMILES string of the molecule is CC[C@H](NC(=O)[C@H](C)Oc1cccc(C)c1C)c1ccc(C)cc1. The molecule has 2 atom stereocenters. The van der Waals surface area contributed by atoms with Gasteiger partial charge in [-0.1, -0.05) is 48.9 Å². The third-order valence-corrected chi connectivity index (χ3v) is 4.43. The van der Waals surface area contributed by atoms with Gasteiger partial charge >= 0.3 is 0 Å². The Labute approximate surface area is 145 Å².